The van der Waals surface area contributed by atoms with Crippen LogP contribution < -0.4 is 0 Å². The Balaban J connectivity index is 2.02. The molecule has 2 aromatic rings. The number of para-hydroxylation sites is 1. The molecule has 0 radical (unpaired) electrons. The molecule has 2 aromatic carbocycles. The summed E-state index contributed by atoms with van der Waals surface area (Å²) in [6.07, 6.45) is 1.78. The molecule has 1 heterocycles. The molecule has 0 saturated carbocycles. The maximum absolute atomic E-state index is 12.3. The molecule has 0 fully saturated rings. The summed E-state index contributed by atoms with van der Waals surface area (Å²) in [6.45, 7) is 1.94. The van der Waals surface area contributed by atoms with Crippen LogP contribution in [0, 0.1) is 0 Å². The van der Waals surface area contributed by atoms with Crippen LogP contribution in [0.4, 0.5) is 5.69 Å². The van der Waals surface area contributed by atoms with Gasteiger partial charge in [-0.1, -0.05) is 53.7 Å². The van der Waals surface area contributed by atoms with E-state index in [4.69, 9.17) is 16.3 Å². The van der Waals surface area contributed by atoms with E-state index in [0.29, 0.717) is 20.7 Å². The third-order valence-corrected chi connectivity index (χ3v) is 4.80. The summed E-state index contributed by atoms with van der Waals surface area (Å²) < 4.78 is 5.08. The third-order valence-electron chi connectivity index (χ3n) is 3.52. The standard InChI is InChI=1S/C20H16ClNO3S/c1-2-25-20(24)17-18(23)16(12-13-8-10-14(21)11-9-13)26-19(17)22-15-6-4-3-5-7-15/h3-12,23H,2H2,1H3. The first-order valence-electron chi connectivity index (χ1n) is 7.98. The molecular weight excluding hydrogens is 370 g/mol. The molecule has 132 valence electrons. The smallest absolute Gasteiger partial charge is 0.344 e. The number of thioether (sulfide) groups is 1. The molecule has 0 aromatic heterocycles. The normalized spacial score (nSPS) is 17.2. The Morgan fingerprint density at radius 1 is 1.19 bits per heavy atom. The lowest BCUT2D eigenvalue weighted by Gasteiger charge is -2.03. The number of halogens is 1. The van der Waals surface area contributed by atoms with Gasteiger partial charge in [-0.05, 0) is 42.8 Å². The highest BCUT2D eigenvalue weighted by Gasteiger charge is 2.33. The van der Waals surface area contributed by atoms with Crippen LogP contribution in [0.25, 0.3) is 6.08 Å². The van der Waals surface area contributed by atoms with Crippen LogP contribution in [-0.4, -0.2) is 22.7 Å². The van der Waals surface area contributed by atoms with E-state index < -0.39 is 5.97 Å². The van der Waals surface area contributed by atoms with Crippen LogP contribution in [0.15, 0.2) is 75.8 Å². The van der Waals surface area contributed by atoms with Crippen LogP contribution in [0.5, 0.6) is 0 Å². The van der Waals surface area contributed by atoms with Gasteiger partial charge in [0.2, 0.25) is 0 Å². The lowest BCUT2D eigenvalue weighted by molar-refractivity contribution is -0.138. The molecule has 1 aliphatic heterocycles. The molecule has 0 aliphatic carbocycles. The largest absolute Gasteiger partial charge is 0.506 e. The van der Waals surface area contributed by atoms with Gasteiger partial charge in [-0.3, -0.25) is 0 Å². The monoisotopic (exact) mass is 385 g/mol. The molecule has 3 rings (SSSR count). The van der Waals surface area contributed by atoms with Gasteiger partial charge in [-0.15, -0.1) is 0 Å². The summed E-state index contributed by atoms with van der Waals surface area (Å²) in [7, 11) is 0. The second-order valence-corrected chi connectivity index (χ2v) is 6.83. The number of carbonyl (C=O) groups is 1. The zero-order valence-electron chi connectivity index (χ0n) is 14.0. The summed E-state index contributed by atoms with van der Waals surface area (Å²) in [5, 5.41) is 11.6. The Morgan fingerprint density at radius 3 is 2.54 bits per heavy atom. The van der Waals surface area contributed by atoms with Crippen LogP contribution in [0.1, 0.15) is 12.5 Å². The lowest BCUT2D eigenvalue weighted by atomic mass is 10.1. The van der Waals surface area contributed by atoms with Crippen LogP contribution in [0.3, 0.4) is 0 Å². The number of hydrogen-bond donors (Lipinski definition) is 1. The van der Waals surface area contributed by atoms with Gasteiger partial charge in [0.1, 0.15) is 16.4 Å². The van der Waals surface area contributed by atoms with Crippen molar-refractivity contribution in [3.8, 4) is 0 Å². The number of nitrogens with zero attached hydrogens (tertiary/aromatic N) is 1. The first-order chi connectivity index (χ1) is 12.6. The Labute approximate surface area is 160 Å². The minimum absolute atomic E-state index is 0.0842. The van der Waals surface area contributed by atoms with Gasteiger partial charge in [0.15, 0.2) is 0 Å². The van der Waals surface area contributed by atoms with Gasteiger partial charge in [0.25, 0.3) is 0 Å². The van der Waals surface area contributed by atoms with E-state index in [1.807, 2.05) is 42.5 Å². The topological polar surface area (TPSA) is 58.9 Å². The van der Waals surface area contributed by atoms with Crippen LogP contribution >= 0.6 is 23.4 Å². The summed E-state index contributed by atoms with van der Waals surface area (Å²) in [5.41, 5.74) is 1.63. The number of carbonyl (C=O) groups excluding carboxylic acids is 1. The van der Waals surface area contributed by atoms with Crippen LogP contribution in [0.2, 0.25) is 5.02 Å². The molecule has 1 N–H and O–H groups in total. The average molecular weight is 386 g/mol. The number of aliphatic imine (C=N–C) groups is 1. The van der Waals surface area contributed by atoms with Gasteiger partial charge in [-0.25, -0.2) is 9.79 Å². The minimum Gasteiger partial charge on any atom is -0.506 e. The Morgan fingerprint density at radius 2 is 1.88 bits per heavy atom. The number of rotatable bonds is 4. The predicted octanol–water partition coefficient (Wildman–Crippen LogP) is 5.53. The molecule has 0 spiro atoms. The highest BCUT2D eigenvalue weighted by Crippen LogP contribution is 2.40. The Hall–Kier alpha value is -2.50. The van der Waals surface area contributed by atoms with Gasteiger partial charge in [-0.2, -0.15) is 0 Å². The number of aliphatic hydroxyl groups excluding tert-OH is 1. The molecule has 0 saturated heterocycles. The summed E-state index contributed by atoms with van der Waals surface area (Å²) in [6, 6.07) is 16.5. The van der Waals surface area contributed by atoms with Gasteiger partial charge >= 0.3 is 5.97 Å². The summed E-state index contributed by atoms with van der Waals surface area (Å²) in [4.78, 5) is 17.4. The molecule has 4 nitrogen and oxygen atoms in total. The molecule has 0 unspecified atom stereocenters. The van der Waals surface area contributed by atoms with Gasteiger partial charge in [0, 0.05) is 5.02 Å². The SMILES string of the molecule is CCOC(=O)C1=C(O)C(=Cc2ccc(Cl)cc2)SC1=Nc1ccccc1. The molecule has 6 heteroatoms. The quantitative estimate of drug-likeness (QED) is 0.702. The first-order valence-corrected chi connectivity index (χ1v) is 9.18. The van der Waals surface area contributed by atoms with Crippen molar-refractivity contribution in [3.63, 3.8) is 0 Å². The molecule has 1 aliphatic rings. The zero-order valence-corrected chi connectivity index (χ0v) is 15.6. The van der Waals surface area contributed by atoms with Crippen molar-refractivity contribution in [2.45, 2.75) is 6.92 Å². The maximum Gasteiger partial charge on any atom is 0.344 e. The number of esters is 1. The van der Waals surface area contributed by atoms with E-state index in [2.05, 4.69) is 4.99 Å². The van der Waals surface area contributed by atoms with E-state index in [-0.39, 0.29) is 17.9 Å². The lowest BCUT2D eigenvalue weighted by Crippen LogP contribution is -2.12. The molecule has 0 bridgehead atoms. The summed E-state index contributed by atoms with van der Waals surface area (Å²) in [5.74, 6) is -0.718. The van der Waals surface area contributed by atoms with Crippen molar-refractivity contribution in [2.24, 2.45) is 4.99 Å². The van der Waals surface area contributed by atoms with E-state index in [0.717, 1.165) is 5.56 Å². The second-order valence-electron chi connectivity index (χ2n) is 5.36. The average Bonchev–Trinajstić information content (AvgIpc) is 2.93. The zero-order chi connectivity index (χ0) is 18.5. The van der Waals surface area contributed by atoms with Crippen LogP contribution in [-0.2, 0) is 9.53 Å². The first kappa shape index (κ1) is 18.3. The fraction of sp³-hybridized carbons (Fsp3) is 0.100. The number of hydrogen-bond acceptors (Lipinski definition) is 5. The van der Waals surface area contributed by atoms with Crippen molar-refractivity contribution in [3.05, 3.63) is 81.4 Å². The number of benzene rings is 2. The Bertz CT molecular complexity index is 902. The number of ether oxygens (including phenoxy) is 1. The van der Waals surface area contributed by atoms with Crippen molar-refractivity contribution in [1.82, 2.24) is 0 Å². The fourth-order valence-electron chi connectivity index (χ4n) is 2.32. The van der Waals surface area contributed by atoms with Crippen molar-refractivity contribution < 1.29 is 14.6 Å². The highest BCUT2D eigenvalue weighted by molar-refractivity contribution is 8.18. The Kier molecular flexibility index (Phi) is 5.81. The highest BCUT2D eigenvalue weighted by atomic mass is 35.5. The van der Waals surface area contributed by atoms with Gasteiger partial charge in [0.05, 0.1) is 17.2 Å². The van der Waals surface area contributed by atoms with Crippen molar-refractivity contribution >= 4 is 46.1 Å². The summed E-state index contributed by atoms with van der Waals surface area (Å²) >= 11 is 7.13. The maximum atomic E-state index is 12.3. The second kappa shape index (κ2) is 8.25. The molecule has 0 atom stereocenters. The van der Waals surface area contributed by atoms with Gasteiger partial charge < -0.3 is 9.84 Å². The predicted molar refractivity (Wildman–Crippen MR) is 107 cm³/mol. The van der Waals surface area contributed by atoms with Crippen molar-refractivity contribution in [1.29, 1.82) is 0 Å². The van der Waals surface area contributed by atoms with E-state index in [1.165, 1.54) is 11.8 Å². The molecule has 26 heavy (non-hydrogen) atoms. The molecular formula is C20H16ClNO3S. The van der Waals surface area contributed by atoms with E-state index in [9.17, 15) is 9.90 Å². The fourth-order valence-corrected chi connectivity index (χ4v) is 3.48. The van der Waals surface area contributed by atoms with E-state index >= 15 is 0 Å². The molecule has 0 amide bonds. The van der Waals surface area contributed by atoms with E-state index in [1.54, 1.807) is 25.1 Å². The third kappa shape index (κ3) is 4.18. The minimum atomic E-state index is -0.591. The number of aliphatic hydroxyl groups is 1. The van der Waals surface area contributed by atoms with Crippen molar-refractivity contribution in [2.75, 3.05) is 6.61 Å².